The molecule has 0 aliphatic carbocycles. The SMILES string of the molecule is COc1ccc(CC(N)c2cc(C)ccn2)cc1F. The molecule has 1 aromatic heterocycles. The van der Waals surface area contributed by atoms with Gasteiger partial charge in [-0.2, -0.15) is 0 Å². The number of hydrogen-bond donors (Lipinski definition) is 1. The standard InChI is InChI=1S/C15H17FN2O/c1-10-5-6-18-14(7-10)13(17)9-11-3-4-15(19-2)12(16)8-11/h3-8,13H,9,17H2,1-2H3. The van der Waals surface area contributed by atoms with Crippen LogP contribution in [-0.4, -0.2) is 12.1 Å². The first-order valence-electron chi connectivity index (χ1n) is 6.10. The maximum absolute atomic E-state index is 13.6. The molecule has 3 nitrogen and oxygen atoms in total. The molecule has 100 valence electrons. The average molecular weight is 260 g/mol. The van der Waals surface area contributed by atoms with Gasteiger partial charge in [-0.15, -0.1) is 0 Å². The van der Waals surface area contributed by atoms with Gasteiger partial charge in [-0.1, -0.05) is 6.07 Å². The van der Waals surface area contributed by atoms with Gasteiger partial charge < -0.3 is 10.5 Å². The second-order valence-electron chi connectivity index (χ2n) is 4.54. The molecule has 2 rings (SSSR count). The van der Waals surface area contributed by atoms with Crippen molar-refractivity contribution in [2.45, 2.75) is 19.4 Å². The largest absolute Gasteiger partial charge is 0.494 e. The van der Waals surface area contributed by atoms with Crippen LogP contribution in [0.2, 0.25) is 0 Å². The molecular weight excluding hydrogens is 243 g/mol. The Balaban J connectivity index is 2.14. The van der Waals surface area contributed by atoms with E-state index in [4.69, 9.17) is 10.5 Å². The van der Waals surface area contributed by atoms with Crippen molar-refractivity contribution in [2.24, 2.45) is 5.73 Å². The lowest BCUT2D eigenvalue weighted by atomic mass is 10.0. The lowest BCUT2D eigenvalue weighted by molar-refractivity contribution is 0.386. The molecule has 19 heavy (non-hydrogen) atoms. The van der Waals surface area contributed by atoms with Gasteiger partial charge in [0.25, 0.3) is 0 Å². The minimum absolute atomic E-state index is 0.242. The number of nitrogens with zero attached hydrogens (tertiary/aromatic N) is 1. The van der Waals surface area contributed by atoms with Gasteiger partial charge in [0.05, 0.1) is 18.8 Å². The fourth-order valence-electron chi connectivity index (χ4n) is 1.96. The van der Waals surface area contributed by atoms with E-state index in [2.05, 4.69) is 4.98 Å². The monoisotopic (exact) mass is 260 g/mol. The molecule has 1 heterocycles. The summed E-state index contributed by atoms with van der Waals surface area (Å²) in [4.78, 5) is 4.25. The van der Waals surface area contributed by atoms with E-state index in [9.17, 15) is 4.39 Å². The highest BCUT2D eigenvalue weighted by Gasteiger charge is 2.11. The zero-order chi connectivity index (χ0) is 13.8. The van der Waals surface area contributed by atoms with Crippen molar-refractivity contribution in [2.75, 3.05) is 7.11 Å². The number of rotatable bonds is 4. The molecule has 0 bridgehead atoms. The molecule has 0 saturated carbocycles. The van der Waals surface area contributed by atoms with Gasteiger partial charge in [0, 0.05) is 6.20 Å². The maximum Gasteiger partial charge on any atom is 0.165 e. The van der Waals surface area contributed by atoms with Gasteiger partial charge >= 0.3 is 0 Å². The van der Waals surface area contributed by atoms with Gasteiger partial charge in [0.2, 0.25) is 0 Å². The van der Waals surface area contributed by atoms with Crippen LogP contribution >= 0.6 is 0 Å². The molecule has 1 aromatic carbocycles. The summed E-state index contributed by atoms with van der Waals surface area (Å²) in [7, 11) is 1.44. The highest BCUT2D eigenvalue weighted by molar-refractivity contribution is 5.30. The van der Waals surface area contributed by atoms with Crippen molar-refractivity contribution in [3.8, 4) is 5.75 Å². The molecule has 0 spiro atoms. The van der Waals surface area contributed by atoms with E-state index in [1.54, 1.807) is 12.3 Å². The second kappa shape index (κ2) is 5.80. The minimum Gasteiger partial charge on any atom is -0.494 e. The summed E-state index contributed by atoms with van der Waals surface area (Å²) in [6.45, 7) is 1.99. The van der Waals surface area contributed by atoms with E-state index in [1.165, 1.54) is 13.2 Å². The Morgan fingerprint density at radius 1 is 1.32 bits per heavy atom. The summed E-state index contributed by atoms with van der Waals surface area (Å²) in [6, 6.07) is 8.51. The van der Waals surface area contributed by atoms with E-state index < -0.39 is 0 Å². The molecular formula is C15H17FN2O. The van der Waals surface area contributed by atoms with Crippen molar-refractivity contribution in [1.29, 1.82) is 0 Å². The summed E-state index contributed by atoms with van der Waals surface area (Å²) in [5, 5.41) is 0. The number of aromatic nitrogens is 1. The van der Waals surface area contributed by atoms with Crippen molar-refractivity contribution in [3.63, 3.8) is 0 Å². The van der Waals surface area contributed by atoms with E-state index in [0.717, 1.165) is 16.8 Å². The summed E-state index contributed by atoms with van der Waals surface area (Å²) >= 11 is 0. The molecule has 0 fully saturated rings. The maximum atomic E-state index is 13.6. The fourth-order valence-corrected chi connectivity index (χ4v) is 1.96. The zero-order valence-corrected chi connectivity index (χ0v) is 11.1. The average Bonchev–Trinajstić information content (AvgIpc) is 2.39. The predicted octanol–water partition coefficient (Wildman–Crippen LogP) is 2.78. The summed E-state index contributed by atoms with van der Waals surface area (Å²) in [6.07, 6.45) is 2.27. The molecule has 1 unspecified atom stereocenters. The molecule has 0 amide bonds. The number of benzene rings is 1. The molecule has 0 radical (unpaired) electrons. The summed E-state index contributed by atoms with van der Waals surface area (Å²) < 4.78 is 18.5. The van der Waals surface area contributed by atoms with Gasteiger partial charge in [-0.05, 0) is 48.7 Å². The Morgan fingerprint density at radius 2 is 2.11 bits per heavy atom. The van der Waals surface area contributed by atoms with E-state index in [1.807, 2.05) is 25.1 Å². The van der Waals surface area contributed by atoms with Crippen LogP contribution in [0.15, 0.2) is 36.5 Å². The van der Waals surface area contributed by atoms with E-state index >= 15 is 0 Å². The number of methoxy groups -OCH3 is 1. The zero-order valence-electron chi connectivity index (χ0n) is 11.1. The highest BCUT2D eigenvalue weighted by atomic mass is 19.1. The molecule has 2 aromatic rings. The van der Waals surface area contributed by atoms with Gasteiger partial charge in [0.1, 0.15) is 0 Å². The van der Waals surface area contributed by atoms with Crippen LogP contribution in [0.1, 0.15) is 22.9 Å². The number of ether oxygens (including phenoxy) is 1. The first kappa shape index (κ1) is 13.5. The molecule has 0 aliphatic rings. The van der Waals surface area contributed by atoms with Gasteiger partial charge in [0.15, 0.2) is 11.6 Å². The topological polar surface area (TPSA) is 48.1 Å². The summed E-state index contributed by atoms with van der Waals surface area (Å²) in [5.41, 5.74) is 8.86. The van der Waals surface area contributed by atoms with Crippen LogP contribution in [-0.2, 0) is 6.42 Å². The van der Waals surface area contributed by atoms with Crippen molar-refractivity contribution >= 4 is 0 Å². The first-order valence-corrected chi connectivity index (χ1v) is 6.10. The van der Waals surface area contributed by atoms with Crippen LogP contribution in [0, 0.1) is 12.7 Å². The van der Waals surface area contributed by atoms with Crippen LogP contribution in [0.5, 0.6) is 5.75 Å². The lowest BCUT2D eigenvalue weighted by Crippen LogP contribution is -2.15. The minimum atomic E-state index is -0.371. The first-order chi connectivity index (χ1) is 9.10. The van der Waals surface area contributed by atoms with Gasteiger partial charge in [-0.3, -0.25) is 4.98 Å². The smallest absolute Gasteiger partial charge is 0.165 e. The van der Waals surface area contributed by atoms with Crippen molar-refractivity contribution < 1.29 is 9.13 Å². The molecule has 0 saturated heterocycles. The molecule has 1 atom stereocenters. The van der Waals surface area contributed by atoms with Crippen LogP contribution < -0.4 is 10.5 Å². The summed E-state index contributed by atoms with van der Waals surface area (Å²) in [5.74, 6) is -0.129. The van der Waals surface area contributed by atoms with E-state index in [0.29, 0.717) is 6.42 Å². The number of pyridine rings is 1. The number of halogens is 1. The Hall–Kier alpha value is -1.94. The Bertz CT molecular complexity index is 572. The molecule has 4 heteroatoms. The van der Waals surface area contributed by atoms with Crippen LogP contribution in [0.3, 0.4) is 0 Å². The third kappa shape index (κ3) is 3.29. The third-order valence-electron chi connectivity index (χ3n) is 2.99. The lowest BCUT2D eigenvalue weighted by Gasteiger charge is -2.12. The molecule has 2 N–H and O–H groups in total. The third-order valence-corrected chi connectivity index (χ3v) is 2.99. The normalized spacial score (nSPS) is 12.2. The van der Waals surface area contributed by atoms with Gasteiger partial charge in [-0.25, -0.2) is 4.39 Å². The van der Waals surface area contributed by atoms with Crippen molar-refractivity contribution in [3.05, 3.63) is 59.2 Å². The van der Waals surface area contributed by atoms with Crippen LogP contribution in [0.4, 0.5) is 4.39 Å². The Labute approximate surface area is 112 Å². The highest BCUT2D eigenvalue weighted by Crippen LogP contribution is 2.21. The quantitative estimate of drug-likeness (QED) is 0.919. The number of aryl methyl sites for hydroxylation is 1. The fraction of sp³-hybridized carbons (Fsp3) is 0.267. The van der Waals surface area contributed by atoms with E-state index in [-0.39, 0.29) is 17.6 Å². The number of nitrogens with two attached hydrogens (primary N) is 1. The Morgan fingerprint density at radius 3 is 2.74 bits per heavy atom. The molecule has 0 aliphatic heterocycles. The second-order valence-corrected chi connectivity index (χ2v) is 4.54. The van der Waals surface area contributed by atoms with Crippen molar-refractivity contribution in [1.82, 2.24) is 4.98 Å². The van der Waals surface area contributed by atoms with Crippen LogP contribution in [0.25, 0.3) is 0 Å². The predicted molar refractivity (Wildman–Crippen MR) is 72.6 cm³/mol. The Kier molecular flexibility index (Phi) is 4.12. The number of hydrogen-bond acceptors (Lipinski definition) is 3.